The quantitative estimate of drug-likeness (QED) is 0.698. The molecular weight excluding hydrogens is 224 g/mol. The van der Waals surface area contributed by atoms with Gasteiger partial charge in [-0.1, -0.05) is 27.7 Å². The van der Waals surface area contributed by atoms with E-state index < -0.39 is 24.0 Å². The van der Waals surface area contributed by atoms with E-state index in [1.54, 1.807) is 20.8 Å². The van der Waals surface area contributed by atoms with Crippen LogP contribution in [0.15, 0.2) is 0 Å². The molecule has 3 N–H and O–H groups in total. The number of esters is 1. The van der Waals surface area contributed by atoms with Crippen LogP contribution in [-0.4, -0.2) is 24.0 Å². The predicted molar refractivity (Wildman–Crippen MR) is 61.9 cm³/mol. The first-order chi connectivity index (χ1) is 7.79. The molecule has 0 heterocycles. The van der Waals surface area contributed by atoms with Crippen LogP contribution in [0.25, 0.3) is 0 Å². The maximum absolute atomic E-state index is 11.6. The van der Waals surface area contributed by atoms with E-state index in [-0.39, 0.29) is 11.8 Å². The van der Waals surface area contributed by atoms with Crippen molar-refractivity contribution in [2.75, 3.05) is 0 Å². The third-order valence-electron chi connectivity index (χ3n) is 2.37. The normalized spacial score (nSPS) is 13.9. The summed E-state index contributed by atoms with van der Waals surface area (Å²) < 4.78 is 5.07. The molecule has 0 fully saturated rings. The first kappa shape index (κ1) is 15.4. The van der Waals surface area contributed by atoms with E-state index in [1.807, 2.05) is 12.2 Å². The summed E-state index contributed by atoms with van der Waals surface area (Å²) in [5, 5.41) is 1.91. The smallest absolute Gasteiger partial charge is 0.318 e. The van der Waals surface area contributed by atoms with Gasteiger partial charge in [-0.3, -0.25) is 14.9 Å². The van der Waals surface area contributed by atoms with Crippen molar-refractivity contribution in [1.29, 1.82) is 0 Å². The fourth-order valence-corrected chi connectivity index (χ4v) is 1.09. The summed E-state index contributed by atoms with van der Waals surface area (Å²) in [4.78, 5) is 33.7. The molecule has 0 aliphatic heterocycles. The van der Waals surface area contributed by atoms with Gasteiger partial charge in [0.15, 0.2) is 6.10 Å². The molecule has 0 radical (unpaired) electrons. The van der Waals surface area contributed by atoms with Gasteiger partial charge in [-0.05, 0) is 12.3 Å². The minimum absolute atomic E-state index is 0.234. The number of rotatable bonds is 5. The molecule has 0 unspecified atom stereocenters. The van der Waals surface area contributed by atoms with Crippen molar-refractivity contribution in [3.8, 4) is 0 Å². The maximum atomic E-state index is 11.6. The molecule has 0 aliphatic carbocycles. The molecular formula is C11H20N2O4. The van der Waals surface area contributed by atoms with E-state index in [2.05, 4.69) is 0 Å². The highest BCUT2D eigenvalue weighted by molar-refractivity contribution is 5.96. The van der Waals surface area contributed by atoms with E-state index in [0.717, 1.165) is 0 Å². The SMILES string of the molecule is CC[C@@H](C)C(=O)O[C@@H](C(=O)NC(N)=O)C(C)C. The molecule has 0 aromatic rings. The summed E-state index contributed by atoms with van der Waals surface area (Å²) in [5.74, 6) is -1.66. The van der Waals surface area contributed by atoms with E-state index >= 15 is 0 Å². The Hall–Kier alpha value is -1.59. The van der Waals surface area contributed by atoms with Crippen LogP contribution in [0.3, 0.4) is 0 Å². The Balaban J connectivity index is 4.59. The second kappa shape index (κ2) is 6.88. The van der Waals surface area contributed by atoms with Crippen LogP contribution in [0.2, 0.25) is 0 Å². The van der Waals surface area contributed by atoms with Gasteiger partial charge in [0.25, 0.3) is 5.91 Å². The first-order valence-corrected chi connectivity index (χ1v) is 5.60. The lowest BCUT2D eigenvalue weighted by atomic mass is 10.1. The standard InChI is InChI=1S/C11H20N2O4/c1-5-7(4)10(15)17-8(6(2)3)9(14)13-11(12)16/h6-8H,5H2,1-4H3,(H3,12,13,14,16)/t7-,8-/m1/s1. The molecule has 0 spiro atoms. The zero-order valence-corrected chi connectivity index (χ0v) is 10.6. The van der Waals surface area contributed by atoms with E-state index in [4.69, 9.17) is 10.5 Å². The Bertz CT molecular complexity index is 302. The molecule has 0 saturated carbocycles. The molecule has 3 amide bonds. The Kier molecular flexibility index (Phi) is 6.23. The number of nitrogens with two attached hydrogens (primary N) is 1. The number of hydrogen-bond donors (Lipinski definition) is 2. The molecule has 0 rings (SSSR count). The van der Waals surface area contributed by atoms with Crippen LogP contribution in [0, 0.1) is 11.8 Å². The van der Waals surface area contributed by atoms with E-state index in [0.29, 0.717) is 6.42 Å². The Morgan fingerprint density at radius 1 is 1.24 bits per heavy atom. The van der Waals surface area contributed by atoms with Crippen molar-refractivity contribution in [2.45, 2.75) is 40.2 Å². The number of hydrogen-bond acceptors (Lipinski definition) is 4. The Labute approximate surface area is 101 Å². The number of carbonyl (C=O) groups excluding carboxylic acids is 3. The van der Waals surface area contributed by atoms with Crippen LogP contribution in [0.4, 0.5) is 4.79 Å². The number of amides is 3. The third kappa shape index (κ3) is 5.33. The van der Waals surface area contributed by atoms with Crippen LogP contribution in [0.5, 0.6) is 0 Å². The largest absolute Gasteiger partial charge is 0.452 e. The average Bonchev–Trinajstić information content (AvgIpc) is 2.22. The van der Waals surface area contributed by atoms with Crippen molar-refractivity contribution in [3.63, 3.8) is 0 Å². The summed E-state index contributed by atoms with van der Waals surface area (Å²) in [7, 11) is 0. The van der Waals surface area contributed by atoms with Crippen molar-refractivity contribution in [2.24, 2.45) is 17.6 Å². The molecule has 6 heteroatoms. The lowest BCUT2D eigenvalue weighted by Crippen LogP contribution is -2.46. The molecule has 0 saturated heterocycles. The summed E-state index contributed by atoms with van der Waals surface area (Å²) >= 11 is 0. The van der Waals surface area contributed by atoms with Gasteiger partial charge in [-0.25, -0.2) is 4.79 Å². The predicted octanol–water partition coefficient (Wildman–Crippen LogP) is 0.795. The molecule has 2 atom stereocenters. The second-order valence-electron chi connectivity index (χ2n) is 4.26. The molecule has 6 nitrogen and oxygen atoms in total. The number of urea groups is 1. The summed E-state index contributed by atoms with van der Waals surface area (Å²) in [6, 6.07) is -0.958. The van der Waals surface area contributed by atoms with Gasteiger partial charge in [0.2, 0.25) is 0 Å². The molecule has 98 valence electrons. The number of ether oxygens (including phenoxy) is 1. The average molecular weight is 244 g/mol. The number of nitrogens with one attached hydrogen (secondary N) is 1. The van der Waals surface area contributed by atoms with Gasteiger partial charge in [0.1, 0.15) is 0 Å². The van der Waals surface area contributed by atoms with E-state index in [9.17, 15) is 14.4 Å². The lowest BCUT2D eigenvalue weighted by molar-refractivity contribution is -0.161. The zero-order valence-electron chi connectivity index (χ0n) is 10.6. The molecule has 0 aromatic heterocycles. The highest BCUT2D eigenvalue weighted by atomic mass is 16.5. The topological polar surface area (TPSA) is 98.5 Å². The van der Waals surface area contributed by atoms with Crippen LogP contribution >= 0.6 is 0 Å². The minimum Gasteiger partial charge on any atom is -0.452 e. The van der Waals surface area contributed by atoms with Crippen molar-refractivity contribution < 1.29 is 19.1 Å². The molecule has 0 bridgehead atoms. The second-order valence-corrected chi connectivity index (χ2v) is 4.26. The van der Waals surface area contributed by atoms with Gasteiger partial charge >= 0.3 is 12.0 Å². The number of carbonyl (C=O) groups is 3. The van der Waals surface area contributed by atoms with Crippen LogP contribution in [0.1, 0.15) is 34.1 Å². The summed E-state index contributed by atoms with van der Waals surface area (Å²) in [6.07, 6.45) is -0.370. The van der Waals surface area contributed by atoms with Gasteiger partial charge in [-0.2, -0.15) is 0 Å². The summed E-state index contributed by atoms with van der Waals surface area (Å²) in [5.41, 5.74) is 4.84. The molecule has 17 heavy (non-hydrogen) atoms. The Morgan fingerprint density at radius 2 is 1.76 bits per heavy atom. The fourth-order valence-electron chi connectivity index (χ4n) is 1.09. The van der Waals surface area contributed by atoms with Crippen LogP contribution in [-0.2, 0) is 14.3 Å². The first-order valence-electron chi connectivity index (χ1n) is 5.60. The molecule has 0 aromatic carbocycles. The van der Waals surface area contributed by atoms with Gasteiger partial charge in [0, 0.05) is 0 Å². The van der Waals surface area contributed by atoms with Crippen molar-refractivity contribution in [3.05, 3.63) is 0 Å². The third-order valence-corrected chi connectivity index (χ3v) is 2.37. The highest BCUT2D eigenvalue weighted by Crippen LogP contribution is 2.12. The number of imide groups is 1. The fraction of sp³-hybridized carbons (Fsp3) is 0.727. The van der Waals surface area contributed by atoms with E-state index in [1.165, 1.54) is 0 Å². The minimum atomic E-state index is -0.996. The van der Waals surface area contributed by atoms with Gasteiger partial charge in [-0.15, -0.1) is 0 Å². The van der Waals surface area contributed by atoms with Crippen molar-refractivity contribution in [1.82, 2.24) is 5.32 Å². The summed E-state index contributed by atoms with van der Waals surface area (Å²) in [6.45, 7) is 7.00. The maximum Gasteiger partial charge on any atom is 0.318 e. The molecule has 0 aliphatic rings. The Morgan fingerprint density at radius 3 is 2.12 bits per heavy atom. The van der Waals surface area contributed by atoms with Crippen LogP contribution < -0.4 is 11.1 Å². The van der Waals surface area contributed by atoms with Gasteiger partial charge < -0.3 is 10.5 Å². The zero-order chi connectivity index (χ0) is 13.6. The number of primary amides is 1. The lowest BCUT2D eigenvalue weighted by Gasteiger charge is -2.21. The van der Waals surface area contributed by atoms with Crippen molar-refractivity contribution >= 4 is 17.9 Å². The van der Waals surface area contributed by atoms with Gasteiger partial charge in [0.05, 0.1) is 5.92 Å². The monoisotopic (exact) mass is 244 g/mol. The highest BCUT2D eigenvalue weighted by Gasteiger charge is 2.28.